The second-order valence-electron chi connectivity index (χ2n) is 13.8. The monoisotopic (exact) mass is 617 g/mol. The van der Waals surface area contributed by atoms with Crippen molar-refractivity contribution in [1.82, 2.24) is 4.90 Å². The minimum absolute atomic E-state index is 0.0236. The number of hydrogen-bond acceptors (Lipinski definition) is 4. The summed E-state index contributed by atoms with van der Waals surface area (Å²) in [6, 6.07) is 6.35. The molecule has 238 valence electrons. The molecule has 3 nitrogen and oxygen atoms in total. The van der Waals surface area contributed by atoms with Gasteiger partial charge >= 0.3 is 12.1 Å². The van der Waals surface area contributed by atoms with Crippen LogP contribution in [-0.4, -0.2) is 64.0 Å². The molecule has 5 rings (SSSR count). The third kappa shape index (κ3) is 6.78. The Labute approximate surface area is 252 Å². The van der Waals surface area contributed by atoms with Crippen LogP contribution in [0.3, 0.4) is 0 Å². The van der Waals surface area contributed by atoms with E-state index in [0.29, 0.717) is 41.2 Å². The molecule has 1 saturated heterocycles. The first-order chi connectivity index (χ1) is 19.9. The van der Waals surface area contributed by atoms with Crippen LogP contribution in [0.25, 0.3) is 0 Å². The molecule has 1 aromatic carbocycles. The molecule has 0 unspecified atom stereocenters. The maximum Gasteiger partial charge on any atom is 0.453 e. The minimum Gasteiger partial charge on any atom is -0.508 e. The Morgan fingerprint density at radius 3 is 2.62 bits per heavy atom. The largest absolute Gasteiger partial charge is 0.508 e. The molecule has 4 aliphatic rings. The molecule has 1 aliphatic heterocycles. The van der Waals surface area contributed by atoms with Crippen LogP contribution in [-0.2, 0) is 6.42 Å². The fourth-order valence-corrected chi connectivity index (χ4v) is 10.2. The van der Waals surface area contributed by atoms with E-state index in [1.165, 1.54) is 29.3 Å². The zero-order chi connectivity index (χ0) is 30.1. The van der Waals surface area contributed by atoms with E-state index in [0.717, 1.165) is 83.1 Å². The molecule has 0 radical (unpaired) electrons. The van der Waals surface area contributed by atoms with Gasteiger partial charge in [0.1, 0.15) is 5.75 Å². The molecule has 3 fully saturated rings. The highest BCUT2D eigenvalue weighted by molar-refractivity contribution is 7.99. The normalized spacial score (nSPS) is 33.4. The lowest BCUT2D eigenvalue weighted by atomic mass is 9.52. The first-order valence-corrected chi connectivity index (χ1v) is 17.3. The van der Waals surface area contributed by atoms with Gasteiger partial charge in [0.05, 0.1) is 6.10 Å². The number of alkyl halides is 5. The van der Waals surface area contributed by atoms with Crippen molar-refractivity contribution in [2.45, 2.75) is 121 Å². The average molecular weight is 618 g/mol. The highest BCUT2D eigenvalue weighted by atomic mass is 32.2. The topological polar surface area (TPSA) is 43.7 Å². The number of aliphatic hydroxyl groups is 1. The molecular weight excluding hydrogens is 569 g/mol. The van der Waals surface area contributed by atoms with E-state index in [4.69, 9.17) is 0 Å². The van der Waals surface area contributed by atoms with E-state index in [2.05, 4.69) is 17.9 Å². The number of fused-ring (bicyclic) bond motifs is 5. The average Bonchev–Trinajstić information content (AvgIpc) is 3.50. The number of unbranched alkanes of at least 4 members (excludes halogenated alkanes) is 2. The number of rotatable bonds is 12. The molecule has 0 spiro atoms. The summed E-state index contributed by atoms with van der Waals surface area (Å²) in [6.45, 7) is 4.36. The number of hydrogen-bond donors (Lipinski definition) is 2. The predicted molar refractivity (Wildman–Crippen MR) is 158 cm³/mol. The summed E-state index contributed by atoms with van der Waals surface area (Å²) in [5.41, 5.74) is 2.75. The van der Waals surface area contributed by atoms with Crippen molar-refractivity contribution in [2.24, 2.45) is 23.2 Å². The van der Waals surface area contributed by atoms with E-state index in [9.17, 15) is 32.2 Å². The van der Waals surface area contributed by atoms with E-state index < -0.39 is 18.5 Å². The van der Waals surface area contributed by atoms with Crippen molar-refractivity contribution in [3.8, 4) is 5.75 Å². The Bertz CT molecular complexity index is 1050. The van der Waals surface area contributed by atoms with E-state index in [-0.39, 0.29) is 17.9 Å². The zero-order valence-corrected chi connectivity index (χ0v) is 25.7. The van der Waals surface area contributed by atoms with Crippen LogP contribution in [0.15, 0.2) is 18.2 Å². The fraction of sp³-hybridized carbons (Fsp3) is 0.818. The lowest BCUT2D eigenvalue weighted by Crippen LogP contribution is -2.47. The summed E-state index contributed by atoms with van der Waals surface area (Å²) in [4.78, 5) is 2.49. The Kier molecular flexibility index (Phi) is 10.1. The van der Waals surface area contributed by atoms with Crippen molar-refractivity contribution >= 4 is 11.8 Å². The van der Waals surface area contributed by atoms with Crippen molar-refractivity contribution in [3.63, 3.8) is 0 Å². The van der Waals surface area contributed by atoms with Crippen molar-refractivity contribution in [1.29, 1.82) is 0 Å². The standard InChI is InChI=1S/C33H48F5NO2S/c1-31-15-13-27-26-10-9-25(40)20-23(26)19-22(30(27)28(31)11-12-29(31)41)7-3-2-4-16-39-17-5-8-24(39)21-42-18-6-14-32(34,35)33(36,37)38/h9-10,20,22,24,27-30,40-41H,2-8,11-19,21H2,1H3/t22-,24-,27-,28+,29+,30-,31+/m1/s1. The molecule has 9 heteroatoms. The number of phenolic OH excluding ortho intramolecular Hbond substituents is 1. The number of phenols is 1. The number of likely N-dealkylation sites (tertiary alicyclic amines) is 1. The molecule has 1 heterocycles. The molecule has 0 amide bonds. The molecule has 0 bridgehead atoms. The summed E-state index contributed by atoms with van der Waals surface area (Å²) < 4.78 is 63.4. The number of thioether (sulfide) groups is 1. The van der Waals surface area contributed by atoms with Gasteiger partial charge in [-0.15, -0.1) is 0 Å². The zero-order valence-electron chi connectivity index (χ0n) is 24.9. The summed E-state index contributed by atoms with van der Waals surface area (Å²) in [6.07, 6.45) is 5.06. The Hall–Kier alpha value is -1.06. The summed E-state index contributed by atoms with van der Waals surface area (Å²) in [5, 5.41) is 21.1. The van der Waals surface area contributed by atoms with E-state index >= 15 is 0 Å². The Morgan fingerprint density at radius 1 is 1.02 bits per heavy atom. The van der Waals surface area contributed by atoms with Gasteiger partial charge in [-0.3, -0.25) is 4.90 Å². The first kappa shape index (κ1) is 32.3. The molecule has 42 heavy (non-hydrogen) atoms. The second kappa shape index (κ2) is 13.1. The Morgan fingerprint density at radius 2 is 1.83 bits per heavy atom. The molecule has 3 aliphatic carbocycles. The molecule has 2 saturated carbocycles. The lowest BCUT2D eigenvalue weighted by Gasteiger charge is -2.53. The molecule has 1 aromatic rings. The van der Waals surface area contributed by atoms with E-state index in [1.54, 1.807) is 0 Å². The van der Waals surface area contributed by atoms with Crippen molar-refractivity contribution in [2.75, 3.05) is 24.6 Å². The molecular formula is C33H48F5NO2S. The van der Waals surface area contributed by atoms with Crippen LogP contribution in [0.2, 0.25) is 0 Å². The van der Waals surface area contributed by atoms with Crippen LogP contribution in [0.4, 0.5) is 22.0 Å². The van der Waals surface area contributed by atoms with Crippen LogP contribution in [0.5, 0.6) is 5.75 Å². The summed E-state index contributed by atoms with van der Waals surface area (Å²) in [7, 11) is 0. The van der Waals surface area contributed by atoms with Gasteiger partial charge in [-0.1, -0.05) is 25.8 Å². The summed E-state index contributed by atoms with van der Waals surface area (Å²) >= 11 is 1.50. The van der Waals surface area contributed by atoms with Crippen LogP contribution in [0.1, 0.15) is 101 Å². The van der Waals surface area contributed by atoms with Gasteiger partial charge in [0.2, 0.25) is 0 Å². The van der Waals surface area contributed by atoms with Crippen molar-refractivity contribution < 1.29 is 32.2 Å². The number of aromatic hydroxyl groups is 1. The number of nitrogens with zero attached hydrogens (tertiary/aromatic N) is 1. The minimum atomic E-state index is -5.46. The van der Waals surface area contributed by atoms with Gasteiger partial charge in [-0.25, -0.2) is 0 Å². The highest BCUT2D eigenvalue weighted by Gasteiger charge is 2.57. The summed E-state index contributed by atoms with van der Waals surface area (Å²) in [5.74, 6) is -0.884. The van der Waals surface area contributed by atoms with Crippen LogP contribution in [0, 0.1) is 23.2 Å². The third-order valence-electron chi connectivity index (χ3n) is 11.4. The maximum atomic E-state index is 13.1. The first-order valence-electron chi connectivity index (χ1n) is 16.2. The van der Waals surface area contributed by atoms with Crippen molar-refractivity contribution in [3.05, 3.63) is 29.3 Å². The van der Waals surface area contributed by atoms with Crippen LogP contribution < -0.4 is 0 Å². The number of aliphatic hydroxyl groups excluding tert-OH is 1. The highest BCUT2D eigenvalue weighted by Crippen LogP contribution is 2.62. The van der Waals surface area contributed by atoms with Gasteiger partial charge in [-0.05, 0) is 135 Å². The van der Waals surface area contributed by atoms with Gasteiger partial charge in [-0.2, -0.15) is 33.7 Å². The van der Waals surface area contributed by atoms with Gasteiger partial charge in [0.25, 0.3) is 0 Å². The van der Waals surface area contributed by atoms with Gasteiger partial charge in [0, 0.05) is 18.2 Å². The quantitative estimate of drug-likeness (QED) is 0.182. The SMILES string of the molecule is C[C@]12CC[C@@H]3c4ccc(O)cc4C[C@@H](CCCCCN4CCC[C@@H]4CSCCCC(F)(F)C(F)(F)F)[C@H]3[C@@H]1CC[C@@H]2O. The molecule has 7 atom stereocenters. The van der Waals surface area contributed by atoms with Gasteiger partial charge in [0.15, 0.2) is 0 Å². The maximum absolute atomic E-state index is 13.1. The number of benzene rings is 1. The molecule has 0 aromatic heterocycles. The van der Waals surface area contributed by atoms with Gasteiger partial charge < -0.3 is 10.2 Å². The molecule has 2 N–H and O–H groups in total. The third-order valence-corrected chi connectivity index (χ3v) is 12.6. The smallest absolute Gasteiger partial charge is 0.453 e. The number of halogens is 5. The predicted octanol–water partition coefficient (Wildman–Crippen LogP) is 8.57. The van der Waals surface area contributed by atoms with Crippen LogP contribution >= 0.6 is 11.8 Å². The van der Waals surface area contributed by atoms with E-state index in [1.807, 2.05) is 12.1 Å². The Balaban J connectivity index is 1.08. The second-order valence-corrected chi connectivity index (χ2v) is 15.0. The fourth-order valence-electron chi connectivity index (χ4n) is 9.06. The lowest BCUT2D eigenvalue weighted by molar-refractivity contribution is -0.284.